The second kappa shape index (κ2) is 4.99. The molecule has 0 bridgehead atoms. The van der Waals surface area contributed by atoms with Gasteiger partial charge in [-0.25, -0.2) is 0 Å². The third-order valence-electron chi connectivity index (χ3n) is 2.01. The largest absolute Gasteiger partial charge is 0.508 e. The number of phenolic OH excluding ortho intramolecular Hbond substituents is 1. The smallest absolute Gasteiger partial charge is 0.130 e. The van der Waals surface area contributed by atoms with Crippen LogP contribution in [0.4, 0.5) is 0 Å². The predicted octanol–water partition coefficient (Wildman–Crippen LogP) is 3.13. The van der Waals surface area contributed by atoms with Gasteiger partial charge in [-0.3, -0.25) is 4.98 Å². The fraction of sp³-hybridized carbons (Fsp3) is 0.0833. The lowest BCUT2D eigenvalue weighted by Crippen LogP contribution is -1.97. The fourth-order valence-corrected chi connectivity index (χ4v) is 1.43. The number of hydrogen-bond acceptors (Lipinski definition) is 3. The molecule has 4 heteroatoms. The second-order valence-electron chi connectivity index (χ2n) is 3.25. The van der Waals surface area contributed by atoms with E-state index in [1.807, 2.05) is 12.1 Å². The fourth-order valence-electron chi connectivity index (χ4n) is 1.19. The summed E-state index contributed by atoms with van der Waals surface area (Å²) in [4.78, 5) is 4.19. The van der Waals surface area contributed by atoms with Gasteiger partial charge in [0.2, 0.25) is 0 Å². The highest BCUT2D eigenvalue weighted by Crippen LogP contribution is 2.17. The number of halogens is 1. The Bertz CT molecular complexity index is 408. The van der Waals surface area contributed by atoms with E-state index in [1.54, 1.807) is 30.5 Å². The molecule has 0 aliphatic rings. The number of aromatic nitrogens is 1. The lowest BCUT2D eigenvalue weighted by Gasteiger charge is -2.05. The van der Waals surface area contributed by atoms with Crippen LogP contribution < -0.4 is 4.74 Å². The van der Waals surface area contributed by atoms with Crippen molar-refractivity contribution in [3.05, 3.63) is 52.8 Å². The highest BCUT2D eigenvalue weighted by atomic mass is 79.9. The second-order valence-corrected chi connectivity index (χ2v) is 4.17. The molecule has 1 heterocycles. The number of benzene rings is 1. The Labute approximate surface area is 102 Å². The van der Waals surface area contributed by atoms with Gasteiger partial charge in [0.25, 0.3) is 0 Å². The number of rotatable bonds is 3. The minimum Gasteiger partial charge on any atom is -0.508 e. The van der Waals surface area contributed by atoms with Gasteiger partial charge in [0.1, 0.15) is 18.1 Å². The molecule has 1 N–H and O–H groups in total. The molecular weight excluding hydrogens is 270 g/mol. The average molecular weight is 280 g/mol. The van der Waals surface area contributed by atoms with Gasteiger partial charge in [0, 0.05) is 10.7 Å². The Morgan fingerprint density at radius 1 is 1.12 bits per heavy atom. The Morgan fingerprint density at radius 3 is 2.50 bits per heavy atom. The number of ether oxygens (including phenoxy) is 1. The topological polar surface area (TPSA) is 42.4 Å². The van der Waals surface area contributed by atoms with Crippen molar-refractivity contribution in [1.82, 2.24) is 4.98 Å². The van der Waals surface area contributed by atoms with Gasteiger partial charge in [-0.15, -0.1) is 0 Å². The summed E-state index contributed by atoms with van der Waals surface area (Å²) in [6.07, 6.45) is 1.73. The van der Waals surface area contributed by atoms with Crippen LogP contribution in [0.2, 0.25) is 0 Å². The normalized spacial score (nSPS) is 10.1. The minimum absolute atomic E-state index is 0.231. The van der Waals surface area contributed by atoms with Crippen molar-refractivity contribution in [2.24, 2.45) is 0 Å². The van der Waals surface area contributed by atoms with E-state index in [-0.39, 0.29) is 5.75 Å². The molecule has 0 unspecified atom stereocenters. The van der Waals surface area contributed by atoms with Crippen molar-refractivity contribution < 1.29 is 9.84 Å². The van der Waals surface area contributed by atoms with Gasteiger partial charge >= 0.3 is 0 Å². The Kier molecular flexibility index (Phi) is 3.41. The van der Waals surface area contributed by atoms with E-state index in [0.29, 0.717) is 12.4 Å². The molecule has 16 heavy (non-hydrogen) atoms. The first-order chi connectivity index (χ1) is 7.74. The molecule has 0 atom stereocenters. The maximum atomic E-state index is 9.10. The molecule has 0 radical (unpaired) electrons. The van der Waals surface area contributed by atoms with E-state index in [0.717, 1.165) is 10.2 Å². The van der Waals surface area contributed by atoms with Crippen LogP contribution in [0.3, 0.4) is 0 Å². The minimum atomic E-state index is 0.231. The van der Waals surface area contributed by atoms with Crippen LogP contribution in [0.5, 0.6) is 11.5 Å². The van der Waals surface area contributed by atoms with Gasteiger partial charge in [0.05, 0.1) is 5.69 Å². The van der Waals surface area contributed by atoms with Gasteiger partial charge in [-0.1, -0.05) is 0 Å². The highest BCUT2D eigenvalue weighted by Gasteiger charge is 1.97. The summed E-state index contributed by atoms with van der Waals surface area (Å²) in [5, 5.41) is 9.10. The van der Waals surface area contributed by atoms with Gasteiger partial charge in [-0.2, -0.15) is 0 Å². The quantitative estimate of drug-likeness (QED) is 0.939. The molecule has 0 aliphatic carbocycles. The number of hydrogen-bond donors (Lipinski definition) is 1. The number of aromatic hydroxyl groups is 1. The number of nitrogens with zero attached hydrogens (tertiary/aromatic N) is 1. The monoisotopic (exact) mass is 279 g/mol. The van der Waals surface area contributed by atoms with Crippen LogP contribution in [0, 0.1) is 0 Å². The summed E-state index contributed by atoms with van der Waals surface area (Å²) in [5.41, 5.74) is 0.858. The van der Waals surface area contributed by atoms with E-state index < -0.39 is 0 Å². The van der Waals surface area contributed by atoms with Crippen LogP contribution in [0.1, 0.15) is 5.69 Å². The molecule has 2 aromatic rings. The molecule has 3 nitrogen and oxygen atoms in total. The Balaban J connectivity index is 1.97. The summed E-state index contributed by atoms with van der Waals surface area (Å²) in [7, 11) is 0. The number of pyridine rings is 1. The first kappa shape index (κ1) is 11.0. The molecule has 1 aromatic carbocycles. The summed E-state index contributed by atoms with van der Waals surface area (Å²) in [6.45, 7) is 0.415. The summed E-state index contributed by atoms with van der Waals surface area (Å²) in [5.74, 6) is 0.941. The number of phenols is 1. The lowest BCUT2D eigenvalue weighted by atomic mass is 10.3. The molecule has 0 fully saturated rings. The lowest BCUT2D eigenvalue weighted by molar-refractivity contribution is 0.301. The van der Waals surface area contributed by atoms with Gasteiger partial charge in [-0.05, 0) is 52.3 Å². The van der Waals surface area contributed by atoms with Crippen molar-refractivity contribution in [1.29, 1.82) is 0 Å². The highest BCUT2D eigenvalue weighted by molar-refractivity contribution is 9.10. The maximum absolute atomic E-state index is 9.10. The van der Waals surface area contributed by atoms with Crippen LogP contribution in [-0.2, 0) is 6.61 Å². The van der Waals surface area contributed by atoms with E-state index in [9.17, 15) is 0 Å². The van der Waals surface area contributed by atoms with Gasteiger partial charge in [0.15, 0.2) is 0 Å². The third kappa shape index (κ3) is 2.97. The zero-order chi connectivity index (χ0) is 11.4. The van der Waals surface area contributed by atoms with Crippen molar-refractivity contribution >= 4 is 15.9 Å². The molecule has 2 rings (SSSR count). The first-order valence-electron chi connectivity index (χ1n) is 4.76. The van der Waals surface area contributed by atoms with Crippen LogP contribution >= 0.6 is 15.9 Å². The standard InChI is InChI=1S/C12H10BrNO2/c13-9-1-2-10(14-7-9)8-16-12-5-3-11(15)4-6-12/h1-7,15H,8H2. The third-order valence-corrected chi connectivity index (χ3v) is 2.48. The molecule has 0 spiro atoms. The van der Waals surface area contributed by atoms with Crippen molar-refractivity contribution in [3.8, 4) is 11.5 Å². The molecule has 0 saturated carbocycles. The van der Waals surface area contributed by atoms with E-state index in [4.69, 9.17) is 9.84 Å². The van der Waals surface area contributed by atoms with Crippen molar-refractivity contribution in [2.75, 3.05) is 0 Å². The van der Waals surface area contributed by atoms with Crippen molar-refractivity contribution in [2.45, 2.75) is 6.61 Å². The predicted molar refractivity (Wildman–Crippen MR) is 64.4 cm³/mol. The Hall–Kier alpha value is -1.55. The molecule has 82 valence electrons. The molecule has 0 amide bonds. The molecule has 0 aliphatic heterocycles. The first-order valence-corrected chi connectivity index (χ1v) is 5.55. The molecule has 0 saturated heterocycles. The summed E-state index contributed by atoms with van der Waals surface area (Å²) < 4.78 is 6.44. The van der Waals surface area contributed by atoms with Crippen molar-refractivity contribution in [3.63, 3.8) is 0 Å². The zero-order valence-electron chi connectivity index (χ0n) is 8.43. The van der Waals surface area contributed by atoms with E-state index in [1.165, 1.54) is 0 Å². The molecule has 1 aromatic heterocycles. The summed E-state index contributed by atoms with van der Waals surface area (Å²) >= 11 is 3.32. The van der Waals surface area contributed by atoms with Crippen LogP contribution in [0.25, 0.3) is 0 Å². The average Bonchev–Trinajstić information content (AvgIpc) is 2.30. The molecular formula is C12H10BrNO2. The van der Waals surface area contributed by atoms with E-state index in [2.05, 4.69) is 20.9 Å². The van der Waals surface area contributed by atoms with E-state index >= 15 is 0 Å². The SMILES string of the molecule is Oc1ccc(OCc2ccc(Br)cn2)cc1. The zero-order valence-corrected chi connectivity index (χ0v) is 10.0. The van der Waals surface area contributed by atoms with Crippen LogP contribution in [-0.4, -0.2) is 10.1 Å². The Morgan fingerprint density at radius 2 is 1.88 bits per heavy atom. The van der Waals surface area contributed by atoms with Gasteiger partial charge < -0.3 is 9.84 Å². The van der Waals surface area contributed by atoms with Crippen LogP contribution in [0.15, 0.2) is 47.1 Å². The summed E-state index contributed by atoms with van der Waals surface area (Å²) in [6, 6.07) is 10.4. The maximum Gasteiger partial charge on any atom is 0.130 e.